The molecule has 0 saturated carbocycles. The maximum Gasteiger partial charge on any atom is 0.191 e. The van der Waals surface area contributed by atoms with E-state index in [0.717, 1.165) is 28.7 Å². The number of guanidine groups is 1. The highest BCUT2D eigenvalue weighted by Gasteiger charge is 2.05. The Kier molecular flexibility index (Phi) is 7.07. The fourth-order valence-electron chi connectivity index (χ4n) is 2.35. The number of aromatic nitrogens is 1. The van der Waals surface area contributed by atoms with Gasteiger partial charge in [-0.2, -0.15) is 0 Å². The fourth-order valence-corrected chi connectivity index (χ4v) is 2.35. The molecule has 2 rings (SSSR count). The second-order valence-electron chi connectivity index (χ2n) is 5.74. The second-order valence-corrected chi connectivity index (χ2v) is 5.74. The largest absolute Gasteiger partial charge is 0.494 e. The smallest absolute Gasteiger partial charge is 0.191 e. The molecular weight excluding hydrogens is 314 g/mol. The predicted octanol–water partition coefficient (Wildman–Crippen LogP) is 2.41. The van der Waals surface area contributed by atoms with Crippen LogP contribution in [0.25, 0.3) is 0 Å². The lowest BCUT2D eigenvalue weighted by atomic mass is 10.2. The topological polar surface area (TPSA) is 61.8 Å². The molecule has 0 radical (unpaired) electrons. The maximum absolute atomic E-state index is 5.66. The number of para-hydroxylation sites is 1. The van der Waals surface area contributed by atoms with Crippen LogP contribution >= 0.6 is 0 Å². The number of ether oxygens (including phenoxy) is 1. The van der Waals surface area contributed by atoms with Crippen molar-refractivity contribution in [1.82, 2.24) is 15.6 Å². The van der Waals surface area contributed by atoms with Crippen LogP contribution in [0.1, 0.15) is 18.1 Å². The molecule has 0 aliphatic rings. The maximum atomic E-state index is 5.66. The molecule has 0 atom stereocenters. The third kappa shape index (κ3) is 5.67. The molecule has 0 aliphatic heterocycles. The van der Waals surface area contributed by atoms with E-state index in [1.807, 2.05) is 56.4 Å². The molecule has 0 aliphatic carbocycles. The van der Waals surface area contributed by atoms with E-state index >= 15 is 0 Å². The Morgan fingerprint density at radius 1 is 1.16 bits per heavy atom. The molecule has 0 fully saturated rings. The lowest BCUT2D eigenvalue weighted by Crippen LogP contribution is -2.36. The Morgan fingerprint density at radius 2 is 1.92 bits per heavy atom. The summed E-state index contributed by atoms with van der Waals surface area (Å²) in [6.45, 7) is 3.97. The summed E-state index contributed by atoms with van der Waals surface area (Å²) in [5, 5.41) is 6.65. The summed E-state index contributed by atoms with van der Waals surface area (Å²) < 4.78 is 5.66. The molecular formula is C19H27N5O. The number of anilines is 1. The molecule has 0 amide bonds. The summed E-state index contributed by atoms with van der Waals surface area (Å²) in [4.78, 5) is 10.6. The van der Waals surface area contributed by atoms with Gasteiger partial charge in [-0.05, 0) is 30.7 Å². The normalized spacial score (nSPS) is 11.1. The minimum atomic E-state index is 0.648. The van der Waals surface area contributed by atoms with E-state index in [1.165, 1.54) is 0 Å². The van der Waals surface area contributed by atoms with Crippen LogP contribution in [-0.4, -0.2) is 38.7 Å². The van der Waals surface area contributed by atoms with Gasteiger partial charge in [0.15, 0.2) is 5.96 Å². The van der Waals surface area contributed by atoms with Gasteiger partial charge in [0.1, 0.15) is 11.6 Å². The number of aliphatic imine (C=N–C) groups is 1. The zero-order valence-electron chi connectivity index (χ0n) is 15.4. The highest BCUT2D eigenvalue weighted by molar-refractivity contribution is 5.79. The summed E-state index contributed by atoms with van der Waals surface area (Å²) in [6.07, 6.45) is 1.82. The van der Waals surface area contributed by atoms with E-state index in [1.54, 1.807) is 7.05 Å². The molecule has 2 N–H and O–H groups in total. The zero-order chi connectivity index (χ0) is 18.1. The van der Waals surface area contributed by atoms with Gasteiger partial charge in [-0.15, -0.1) is 0 Å². The minimum Gasteiger partial charge on any atom is -0.494 e. The van der Waals surface area contributed by atoms with Crippen LogP contribution in [0.4, 0.5) is 5.82 Å². The van der Waals surface area contributed by atoms with Crippen molar-refractivity contribution in [1.29, 1.82) is 0 Å². The Morgan fingerprint density at radius 3 is 2.64 bits per heavy atom. The Hall–Kier alpha value is -2.76. The van der Waals surface area contributed by atoms with E-state index in [2.05, 4.69) is 32.7 Å². The van der Waals surface area contributed by atoms with Crippen molar-refractivity contribution in [3.05, 3.63) is 53.7 Å². The number of nitrogens with zero attached hydrogens (tertiary/aromatic N) is 3. The standard InChI is InChI=1S/C19H27N5O/c1-5-25-17-9-7-6-8-16(17)14-23-19(20-2)22-13-15-10-11-21-18(12-15)24(3)4/h6-12H,5,13-14H2,1-4H3,(H2,20,22,23). The molecule has 1 aromatic carbocycles. The molecule has 134 valence electrons. The van der Waals surface area contributed by atoms with E-state index in [-0.39, 0.29) is 0 Å². The minimum absolute atomic E-state index is 0.648. The van der Waals surface area contributed by atoms with Gasteiger partial charge in [0.05, 0.1) is 6.61 Å². The number of hydrogen-bond acceptors (Lipinski definition) is 4. The van der Waals surface area contributed by atoms with Crippen LogP contribution in [0.2, 0.25) is 0 Å². The number of benzene rings is 1. The number of pyridine rings is 1. The molecule has 0 unspecified atom stereocenters. The van der Waals surface area contributed by atoms with Crippen LogP contribution < -0.4 is 20.3 Å². The third-order valence-corrected chi connectivity index (χ3v) is 3.67. The van der Waals surface area contributed by atoms with Gasteiger partial charge in [0, 0.05) is 46.0 Å². The molecule has 0 spiro atoms. The molecule has 0 bridgehead atoms. The fraction of sp³-hybridized carbons (Fsp3) is 0.368. The molecule has 1 heterocycles. The van der Waals surface area contributed by atoms with Crippen molar-refractivity contribution in [2.24, 2.45) is 4.99 Å². The van der Waals surface area contributed by atoms with Crippen molar-refractivity contribution in [2.75, 3.05) is 32.6 Å². The third-order valence-electron chi connectivity index (χ3n) is 3.67. The Balaban J connectivity index is 1.92. The van der Waals surface area contributed by atoms with Crippen LogP contribution in [0.5, 0.6) is 5.75 Å². The van der Waals surface area contributed by atoms with E-state index in [0.29, 0.717) is 19.7 Å². The first-order chi connectivity index (χ1) is 12.1. The zero-order valence-corrected chi connectivity index (χ0v) is 15.4. The molecule has 25 heavy (non-hydrogen) atoms. The van der Waals surface area contributed by atoms with Crippen LogP contribution in [-0.2, 0) is 13.1 Å². The molecule has 1 aromatic heterocycles. The number of hydrogen-bond donors (Lipinski definition) is 2. The summed E-state index contributed by atoms with van der Waals surface area (Å²) in [6, 6.07) is 12.1. The van der Waals surface area contributed by atoms with Gasteiger partial charge in [-0.3, -0.25) is 4.99 Å². The Labute approximate surface area is 149 Å². The van der Waals surface area contributed by atoms with Gasteiger partial charge >= 0.3 is 0 Å². The molecule has 6 nitrogen and oxygen atoms in total. The summed E-state index contributed by atoms with van der Waals surface area (Å²) in [5.74, 6) is 2.58. The summed E-state index contributed by atoms with van der Waals surface area (Å²) in [7, 11) is 5.73. The first kappa shape index (κ1) is 18.6. The Bertz CT molecular complexity index is 700. The van der Waals surface area contributed by atoms with E-state index in [9.17, 15) is 0 Å². The summed E-state index contributed by atoms with van der Waals surface area (Å²) in [5.41, 5.74) is 2.25. The van der Waals surface area contributed by atoms with Gasteiger partial charge < -0.3 is 20.3 Å². The SMILES string of the molecule is CCOc1ccccc1CNC(=NC)NCc1ccnc(N(C)C)c1. The molecule has 6 heteroatoms. The van der Waals surface area contributed by atoms with Crippen LogP contribution in [0.15, 0.2) is 47.6 Å². The van der Waals surface area contributed by atoms with Crippen molar-refractivity contribution in [3.8, 4) is 5.75 Å². The van der Waals surface area contributed by atoms with Crippen LogP contribution in [0.3, 0.4) is 0 Å². The quantitative estimate of drug-likeness (QED) is 0.598. The van der Waals surface area contributed by atoms with Gasteiger partial charge in [-0.25, -0.2) is 4.98 Å². The lowest BCUT2D eigenvalue weighted by Gasteiger charge is -2.15. The first-order valence-electron chi connectivity index (χ1n) is 8.41. The van der Waals surface area contributed by atoms with Gasteiger partial charge in [0.2, 0.25) is 0 Å². The van der Waals surface area contributed by atoms with Crippen molar-refractivity contribution >= 4 is 11.8 Å². The van der Waals surface area contributed by atoms with Crippen LogP contribution in [0, 0.1) is 0 Å². The monoisotopic (exact) mass is 341 g/mol. The molecule has 0 saturated heterocycles. The molecule has 2 aromatic rings. The predicted molar refractivity (Wildman–Crippen MR) is 103 cm³/mol. The average Bonchev–Trinajstić information content (AvgIpc) is 2.63. The van der Waals surface area contributed by atoms with E-state index < -0.39 is 0 Å². The number of rotatable bonds is 7. The van der Waals surface area contributed by atoms with Crippen molar-refractivity contribution in [3.63, 3.8) is 0 Å². The first-order valence-corrected chi connectivity index (χ1v) is 8.41. The van der Waals surface area contributed by atoms with Gasteiger partial charge in [-0.1, -0.05) is 18.2 Å². The van der Waals surface area contributed by atoms with Crippen molar-refractivity contribution < 1.29 is 4.74 Å². The van der Waals surface area contributed by atoms with E-state index in [4.69, 9.17) is 4.74 Å². The van der Waals surface area contributed by atoms with Gasteiger partial charge in [0.25, 0.3) is 0 Å². The average molecular weight is 341 g/mol. The highest BCUT2D eigenvalue weighted by Crippen LogP contribution is 2.17. The van der Waals surface area contributed by atoms with Crippen molar-refractivity contribution in [2.45, 2.75) is 20.0 Å². The summed E-state index contributed by atoms with van der Waals surface area (Å²) >= 11 is 0. The second kappa shape index (κ2) is 9.52. The lowest BCUT2D eigenvalue weighted by molar-refractivity contribution is 0.336. The number of nitrogens with one attached hydrogen (secondary N) is 2. The highest BCUT2D eigenvalue weighted by atomic mass is 16.5.